The molecule has 0 spiro atoms. The van der Waals surface area contributed by atoms with E-state index in [4.69, 9.17) is 0 Å². The summed E-state index contributed by atoms with van der Waals surface area (Å²) in [4.78, 5) is 24.8. The highest BCUT2D eigenvalue weighted by Gasteiger charge is 2.51. The van der Waals surface area contributed by atoms with E-state index in [0.29, 0.717) is 5.69 Å². The molecule has 24 heavy (non-hydrogen) atoms. The minimum atomic E-state index is -0.559. The molecule has 2 N–H and O–H groups in total. The summed E-state index contributed by atoms with van der Waals surface area (Å²) in [6.07, 6.45) is 7.11. The Morgan fingerprint density at radius 2 is 1.62 bits per heavy atom. The number of nitrogens with one attached hydrogen (secondary N) is 2. The fourth-order valence-corrected chi connectivity index (χ4v) is 5.98. The Balaban J connectivity index is 1.43. The molecule has 4 fully saturated rings. The fraction of sp³-hybridized carbons (Fsp3) is 0.579. The summed E-state index contributed by atoms with van der Waals surface area (Å²) in [7, 11) is 0. The number of hydrogen-bond donors (Lipinski definition) is 2. The number of carbonyl (C=O) groups is 2. The molecule has 5 rings (SSSR count). The highest BCUT2D eigenvalue weighted by molar-refractivity contribution is 9.10. The van der Waals surface area contributed by atoms with Gasteiger partial charge in [-0.2, -0.15) is 0 Å². The maximum atomic E-state index is 12.5. The quantitative estimate of drug-likeness (QED) is 0.754. The van der Waals surface area contributed by atoms with E-state index >= 15 is 0 Å². The zero-order valence-corrected chi connectivity index (χ0v) is 15.5. The van der Waals surface area contributed by atoms with Crippen LogP contribution < -0.4 is 10.6 Å². The van der Waals surface area contributed by atoms with Crippen LogP contribution in [0.5, 0.6) is 0 Å². The summed E-state index contributed by atoms with van der Waals surface area (Å²) < 4.78 is 0.955. The van der Waals surface area contributed by atoms with Gasteiger partial charge in [0.2, 0.25) is 0 Å². The van der Waals surface area contributed by atoms with Gasteiger partial charge >= 0.3 is 11.8 Å². The van der Waals surface area contributed by atoms with E-state index in [1.54, 1.807) is 0 Å². The van der Waals surface area contributed by atoms with E-state index < -0.39 is 11.8 Å². The van der Waals surface area contributed by atoms with Gasteiger partial charge in [0.05, 0.1) is 0 Å². The predicted molar refractivity (Wildman–Crippen MR) is 96.6 cm³/mol. The van der Waals surface area contributed by atoms with Crippen LogP contribution in [0.3, 0.4) is 0 Å². The molecule has 4 aliphatic carbocycles. The largest absolute Gasteiger partial charge is 0.342 e. The molecule has 0 unspecified atom stereocenters. The summed E-state index contributed by atoms with van der Waals surface area (Å²) in [5.74, 6) is 1.19. The zero-order chi connectivity index (χ0) is 16.9. The van der Waals surface area contributed by atoms with Gasteiger partial charge in [0.15, 0.2) is 0 Å². The van der Waals surface area contributed by atoms with Crippen LogP contribution in [0, 0.1) is 24.7 Å². The van der Waals surface area contributed by atoms with E-state index in [0.717, 1.165) is 47.1 Å². The number of benzene rings is 1. The standard InChI is InChI=1S/C19H23BrN2O2/c1-11-4-15(20)2-3-16(11)21-17(23)18(24)22-19-8-12-5-13(9-19)7-14(6-12)10-19/h2-4,12-14H,5-10H2,1H3,(H,21,23)(H,22,24). The third-order valence-electron chi connectivity index (χ3n) is 6.06. The molecule has 0 heterocycles. The lowest BCUT2D eigenvalue weighted by Gasteiger charge is -2.56. The third-order valence-corrected chi connectivity index (χ3v) is 6.55. The van der Waals surface area contributed by atoms with E-state index in [2.05, 4.69) is 26.6 Å². The average molecular weight is 391 g/mol. The molecule has 0 aliphatic heterocycles. The van der Waals surface area contributed by atoms with Crippen molar-refractivity contribution < 1.29 is 9.59 Å². The van der Waals surface area contributed by atoms with Crippen LogP contribution in [0.25, 0.3) is 0 Å². The Kier molecular flexibility index (Phi) is 3.94. The molecule has 1 aromatic carbocycles. The minimum absolute atomic E-state index is 0.127. The first-order valence-corrected chi connectivity index (χ1v) is 9.61. The lowest BCUT2D eigenvalue weighted by molar-refractivity contribution is -0.139. The van der Waals surface area contributed by atoms with Crippen LogP contribution in [-0.4, -0.2) is 17.4 Å². The molecule has 4 aliphatic rings. The van der Waals surface area contributed by atoms with Crippen molar-refractivity contribution in [2.75, 3.05) is 5.32 Å². The van der Waals surface area contributed by atoms with Crippen molar-refractivity contribution >= 4 is 33.4 Å². The topological polar surface area (TPSA) is 58.2 Å². The van der Waals surface area contributed by atoms with Crippen LogP contribution in [-0.2, 0) is 9.59 Å². The van der Waals surface area contributed by atoms with Crippen LogP contribution >= 0.6 is 15.9 Å². The van der Waals surface area contributed by atoms with Gasteiger partial charge in [-0.25, -0.2) is 0 Å². The zero-order valence-electron chi connectivity index (χ0n) is 13.9. The predicted octanol–water partition coefficient (Wildman–Crippen LogP) is 3.78. The van der Waals surface area contributed by atoms with Gasteiger partial charge in [-0.3, -0.25) is 9.59 Å². The van der Waals surface area contributed by atoms with Gasteiger partial charge in [-0.15, -0.1) is 0 Å². The molecule has 4 nitrogen and oxygen atoms in total. The first kappa shape index (κ1) is 16.1. The molecular formula is C19H23BrN2O2. The Morgan fingerprint density at radius 3 is 2.17 bits per heavy atom. The summed E-state index contributed by atoms with van der Waals surface area (Å²) in [6.45, 7) is 1.91. The van der Waals surface area contributed by atoms with Crippen molar-refractivity contribution in [1.29, 1.82) is 0 Å². The lowest BCUT2D eigenvalue weighted by atomic mass is 9.53. The van der Waals surface area contributed by atoms with Gasteiger partial charge in [0.1, 0.15) is 0 Å². The highest BCUT2D eigenvalue weighted by Crippen LogP contribution is 2.55. The van der Waals surface area contributed by atoms with Gasteiger partial charge in [-0.1, -0.05) is 15.9 Å². The van der Waals surface area contributed by atoms with Crippen molar-refractivity contribution in [3.63, 3.8) is 0 Å². The summed E-state index contributed by atoms with van der Waals surface area (Å²) >= 11 is 3.40. The first-order chi connectivity index (χ1) is 11.4. The number of halogens is 1. The maximum absolute atomic E-state index is 12.5. The molecule has 4 saturated carbocycles. The van der Waals surface area contributed by atoms with Crippen molar-refractivity contribution in [3.05, 3.63) is 28.2 Å². The monoisotopic (exact) mass is 390 g/mol. The normalized spacial score (nSPS) is 33.3. The Bertz CT molecular complexity index is 665. The van der Waals surface area contributed by atoms with Crippen LogP contribution in [0.15, 0.2) is 22.7 Å². The molecule has 0 radical (unpaired) electrons. The smallest absolute Gasteiger partial charge is 0.313 e. The van der Waals surface area contributed by atoms with Crippen LogP contribution in [0.2, 0.25) is 0 Å². The van der Waals surface area contributed by atoms with Gasteiger partial charge in [-0.05, 0) is 87.0 Å². The molecule has 0 aromatic heterocycles. The Labute approximate surface area is 150 Å². The van der Waals surface area contributed by atoms with Gasteiger partial charge in [0, 0.05) is 15.7 Å². The Morgan fingerprint density at radius 1 is 1.04 bits per heavy atom. The maximum Gasteiger partial charge on any atom is 0.313 e. The fourth-order valence-electron chi connectivity index (χ4n) is 5.51. The second-order valence-corrected chi connectivity index (χ2v) is 8.98. The molecular weight excluding hydrogens is 368 g/mol. The number of hydrogen-bond acceptors (Lipinski definition) is 2. The van der Waals surface area contributed by atoms with Gasteiger partial charge < -0.3 is 10.6 Å². The highest BCUT2D eigenvalue weighted by atomic mass is 79.9. The molecule has 2 amide bonds. The molecule has 5 heteroatoms. The molecule has 0 atom stereocenters. The van der Waals surface area contributed by atoms with E-state index in [1.807, 2.05) is 25.1 Å². The molecule has 0 saturated heterocycles. The van der Waals surface area contributed by atoms with Crippen LogP contribution in [0.4, 0.5) is 5.69 Å². The molecule has 4 bridgehead atoms. The summed E-state index contributed by atoms with van der Waals surface area (Å²) in [5.41, 5.74) is 1.49. The minimum Gasteiger partial charge on any atom is -0.342 e. The van der Waals surface area contributed by atoms with Crippen molar-refractivity contribution in [2.24, 2.45) is 17.8 Å². The van der Waals surface area contributed by atoms with Crippen molar-refractivity contribution in [2.45, 2.75) is 51.0 Å². The summed E-state index contributed by atoms with van der Waals surface area (Å²) in [6, 6.07) is 5.60. The summed E-state index contributed by atoms with van der Waals surface area (Å²) in [5, 5.41) is 5.86. The lowest BCUT2D eigenvalue weighted by Crippen LogP contribution is -2.61. The van der Waals surface area contributed by atoms with E-state index in [1.165, 1.54) is 19.3 Å². The SMILES string of the molecule is Cc1cc(Br)ccc1NC(=O)C(=O)NC12CC3CC(CC(C3)C1)C2. The first-order valence-electron chi connectivity index (χ1n) is 8.82. The third kappa shape index (κ3) is 2.99. The van der Waals surface area contributed by atoms with Crippen LogP contribution in [0.1, 0.15) is 44.1 Å². The number of amides is 2. The second-order valence-electron chi connectivity index (χ2n) is 8.07. The van der Waals surface area contributed by atoms with Crippen molar-refractivity contribution in [3.8, 4) is 0 Å². The molecule has 128 valence electrons. The average Bonchev–Trinajstić information content (AvgIpc) is 2.48. The van der Waals surface area contributed by atoms with Crippen molar-refractivity contribution in [1.82, 2.24) is 5.32 Å². The second kappa shape index (κ2) is 5.87. The number of anilines is 1. The van der Waals surface area contributed by atoms with Gasteiger partial charge in [0.25, 0.3) is 0 Å². The number of carbonyl (C=O) groups excluding carboxylic acids is 2. The van der Waals surface area contributed by atoms with E-state index in [-0.39, 0.29) is 5.54 Å². The number of rotatable bonds is 2. The van der Waals surface area contributed by atoms with E-state index in [9.17, 15) is 9.59 Å². The number of aryl methyl sites for hydroxylation is 1. The Hall–Kier alpha value is -1.36. The molecule has 1 aromatic rings.